The Balaban J connectivity index is 1.87. The Bertz CT molecular complexity index is 1020. The molecule has 0 fully saturated rings. The second-order valence-corrected chi connectivity index (χ2v) is 6.81. The number of hydrogen-bond donors (Lipinski definition) is 0. The smallest absolute Gasteiger partial charge is 0.294 e. The van der Waals surface area contributed by atoms with Gasteiger partial charge in [-0.05, 0) is 62.7 Å². The Morgan fingerprint density at radius 1 is 1.21 bits per heavy atom. The number of hydrogen-bond acceptors (Lipinski definition) is 4. The van der Waals surface area contributed by atoms with Gasteiger partial charge in [0, 0.05) is 11.6 Å². The minimum absolute atomic E-state index is 0.148. The number of aryl methyl sites for hydroxylation is 1. The van der Waals surface area contributed by atoms with Crippen LogP contribution in [0.1, 0.15) is 47.5 Å². The molecule has 0 aliphatic rings. The number of halogens is 1. The summed E-state index contributed by atoms with van der Waals surface area (Å²) in [5, 5.41) is 14.0. The van der Waals surface area contributed by atoms with Gasteiger partial charge < -0.3 is 4.90 Å². The summed E-state index contributed by atoms with van der Waals surface area (Å²) in [6, 6.07) is 16.4. The van der Waals surface area contributed by atoms with E-state index in [0.29, 0.717) is 23.0 Å². The number of carbonyl (C=O) groups is 1. The number of rotatable bonds is 5. The van der Waals surface area contributed by atoms with Crippen LogP contribution in [0, 0.1) is 18.3 Å². The molecule has 0 saturated carbocycles. The van der Waals surface area contributed by atoms with Gasteiger partial charge in [-0.2, -0.15) is 5.26 Å². The zero-order chi connectivity index (χ0) is 20.3. The van der Waals surface area contributed by atoms with Gasteiger partial charge in [0.05, 0.1) is 23.4 Å². The second-order valence-electron chi connectivity index (χ2n) is 6.37. The summed E-state index contributed by atoms with van der Waals surface area (Å²) in [6.07, 6.45) is 0. The van der Waals surface area contributed by atoms with Crippen molar-refractivity contribution in [2.75, 3.05) is 6.54 Å². The van der Waals surface area contributed by atoms with Gasteiger partial charge in [0.2, 0.25) is 5.82 Å². The molecule has 1 atom stereocenters. The van der Waals surface area contributed by atoms with E-state index in [-0.39, 0.29) is 17.8 Å². The number of benzene rings is 2. The molecule has 0 N–H and O–H groups in total. The van der Waals surface area contributed by atoms with Crippen molar-refractivity contribution in [1.82, 2.24) is 19.7 Å². The van der Waals surface area contributed by atoms with Gasteiger partial charge in [-0.1, -0.05) is 23.7 Å². The average Bonchev–Trinajstić information content (AvgIpc) is 3.10. The first-order valence-corrected chi connectivity index (χ1v) is 9.33. The fraction of sp³-hybridized carbons (Fsp3) is 0.238. The van der Waals surface area contributed by atoms with E-state index in [1.807, 2.05) is 38.1 Å². The van der Waals surface area contributed by atoms with Gasteiger partial charge in [0.1, 0.15) is 5.82 Å². The van der Waals surface area contributed by atoms with E-state index in [2.05, 4.69) is 16.2 Å². The molecule has 142 valence electrons. The van der Waals surface area contributed by atoms with E-state index in [0.717, 1.165) is 11.3 Å². The van der Waals surface area contributed by atoms with Crippen LogP contribution in [0.25, 0.3) is 5.69 Å². The second kappa shape index (κ2) is 8.24. The third-order valence-electron chi connectivity index (χ3n) is 4.62. The molecule has 6 nitrogen and oxygen atoms in total. The van der Waals surface area contributed by atoms with E-state index in [1.165, 1.54) is 0 Å². The molecule has 3 rings (SSSR count). The minimum Gasteiger partial charge on any atom is -0.329 e. The first-order chi connectivity index (χ1) is 13.4. The zero-order valence-corrected chi connectivity index (χ0v) is 16.7. The van der Waals surface area contributed by atoms with E-state index >= 15 is 0 Å². The third kappa shape index (κ3) is 3.90. The van der Waals surface area contributed by atoms with Crippen LogP contribution in [0.2, 0.25) is 5.02 Å². The largest absolute Gasteiger partial charge is 0.329 e. The lowest BCUT2D eigenvalue weighted by atomic mass is 10.0. The van der Waals surface area contributed by atoms with Gasteiger partial charge in [0.15, 0.2) is 0 Å². The van der Waals surface area contributed by atoms with Gasteiger partial charge in [0.25, 0.3) is 5.91 Å². The van der Waals surface area contributed by atoms with E-state index < -0.39 is 0 Å². The Kier molecular flexibility index (Phi) is 5.76. The van der Waals surface area contributed by atoms with E-state index in [4.69, 9.17) is 16.9 Å². The average molecular weight is 394 g/mol. The van der Waals surface area contributed by atoms with Gasteiger partial charge in [-0.15, -0.1) is 5.10 Å². The highest BCUT2D eigenvalue weighted by atomic mass is 35.5. The van der Waals surface area contributed by atoms with Gasteiger partial charge in [-0.25, -0.2) is 9.67 Å². The Morgan fingerprint density at radius 3 is 2.43 bits per heavy atom. The molecule has 1 heterocycles. The number of aromatic nitrogens is 3. The van der Waals surface area contributed by atoms with Crippen LogP contribution in [-0.4, -0.2) is 32.1 Å². The highest BCUT2D eigenvalue weighted by Gasteiger charge is 2.25. The van der Waals surface area contributed by atoms with Crippen molar-refractivity contribution in [3.8, 4) is 11.8 Å². The van der Waals surface area contributed by atoms with Crippen molar-refractivity contribution in [2.45, 2.75) is 26.8 Å². The normalized spacial score (nSPS) is 11.7. The molecular formula is C21H20ClN5O. The standard InChI is InChI=1S/C21H20ClN5O/c1-4-26(14(2)17-7-5-16(13-23)6-8-17)21(28)20-24-15(3)27(25-20)19-11-9-18(22)10-12-19/h5-12,14H,4H2,1-3H3. The number of nitriles is 1. The van der Waals surface area contributed by atoms with Crippen LogP contribution in [-0.2, 0) is 0 Å². The molecule has 0 aliphatic heterocycles. The lowest BCUT2D eigenvalue weighted by Gasteiger charge is -2.27. The maximum atomic E-state index is 13.1. The monoisotopic (exact) mass is 393 g/mol. The first kappa shape index (κ1) is 19.6. The van der Waals surface area contributed by atoms with Crippen LogP contribution < -0.4 is 0 Å². The summed E-state index contributed by atoms with van der Waals surface area (Å²) in [5.41, 5.74) is 2.32. The minimum atomic E-state index is -0.241. The fourth-order valence-corrected chi connectivity index (χ4v) is 3.17. The maximum absolute atomic E-state index is 13.1. The summed E-state index contributed by atoms with van der Waals surface area (Å²) in [4.78, 5) is 19.2. The molecule has 0 radical (unpaired) electrons. The molecule has 0 spiro atoms. The molecule has 1 amide bonds. The Hall–Kier alpha value is -3.17. The lowest BCUT2D eigenvalue weighted by Crippen LogP contribution is -2.34. The van der Waals surface area contributed by atoms with Crippen molar-refractivity contribution in [3.05, 3.63) is 76.3 Å². The molecule has 1 unspecified atom stereocenters. The topological polar surface area (TPSA) is 74.8 Å². The number of carbonyl (C=O) groups excluding carboxylic acids is 1. The van der Waals surface area contributed by atoms with Crippen molar-refractivity contribution >= 4 is 17.5 Å². The predicted octanol–water partition coefficient (Wildman–Crippen LogP) is 4.32. The van der Waals surface area contributed by atoms with Crippen molar-refractivity contribution in [1.29, 1.82) is 5.26 Å². The zero-order valence-electron chi connectivity index (χ0n) is 15.9. The summed E-state index contributed by atoms with van der Waals surface area (Å²) >= 11 is 5.94. The molecule has 28 heavy (non-hydrogen) atoms. The molecule has 3 aromatic rings. The first-order valence-electron chi connectivity index (χ1n) is 8.95. The highest BCUT2D eigenvalue weighted by molar-refractivity contribution is 6.30. The van der Waals surface area contributed by atoms with Gasteiger partial charge in [-0.3, -0.25) is 4.79 Å². The maximum Gasteiger partial charge on any atom is 0.294 e. The van der Waals surface area contributed by atoms with E-state index in [9.17, 15) is 4.79 Å². The van der Waals surface area contributed by atoms with Gasteiger partial charge >= 0.3 is 0 Å². The molecule has 0 aliphatic carbocycles. The molecule has 0 bridgehead atoms. The number of amides is 1. The number of nitrogens with zero attached hydrogens (tertiary/aromatic N) is 5. The molecule has 0 saturated heterocycles. The molecule has 7 heteroatoms. The predicted molar refractivity (Wildman–Crippen MR) is 107 cm³/mol. The summed E-state index contributed by atoms with van der Waals surface area (Å²) < 4.78 is 1.63. The van der Waals surface area contributed by atoms with Crippen molar-refractivity contribution in [3.63, 3.8) is 0 Å². The van der Waals surface area contributed by atoms with Crippen LogP contribution in [0.3, 0.4) is 0 Å². The summed E-state index contributed by atoms with van der Waals surface area (Å²) in [6.45, 7) is 6.18. The summed E-state index contributed by atoms with van der Waals surface area (Å²) in [5.74, 6) is 0.526. The lowest BCUT2D eigenvalue weighted by molar-refractivity contribution is 0.0689. The molecule has 2 aromatic carbocycles. The summed E-state index contributed by atoms with van der Waals surface area (Å²) in [7, 11) is 0. The Labute approximate surface area is 169 Å². The van der Waals surface area contributed by atoms with Crippen LogP contribution in [0.15, 0.2) is 48.5 Å². The van der Waals surface area contributed by atoms with Crippen LogP contribution in [0.4, 0.5) is 0 Å². The van der Waals surface area contributed by atoms with Crippen LogP contribution >= 0.6 is 11.6 Å². The van der Waals surface area contributed by atoms with Crippen LogP contribution in [0.5, 0.6) is 0 Å². The Morgan fingerprint density at radius 2 is 1.86 bits per heavy atom. The fourth-order valence-electron chi connectivity index (χ4n) is 3.05. The third-order valence-corrected chi connectivity index (χ3v) is 4.87. The quantitative estimate of drug-likeness (QED) is 0.646. The highest BCUT2D eigenvalue weighted by Crippen LogP contribution is 2.22. The molecular weight excluding hydrogens is 374 g/mol. The van der Waals surface area contributed by atoms with Crippen molar-refractivity contribution < 1.29 is 4.79 Å². The van der Waals surface area contributed by atoms with E-state index in [1.54, 1.807) is 40.8 Å². The SMILES string of the molecule is CCN(C(=O)c1nc(C)n(-c2ccc(Cl)cc2)n1)C(C)c1ccc(C#N)cc1. The van der Waals surface area contributed by atoms with Crippen molar-refractivity contribution in [2.24, 2.45) is 0 Å². The molecule has 1 aromatic heterocycles.